The number of carbonyl (C=O) groups excluding carboxylic acids is 1. The Morgan fingerprint density at radius 2 is 1.88 bits per heavy atom. The van der Waals surface area contributed by atoms with Crippen LogP contribution in [-0.4, -0.2) is 17.6 Å². The van der Waals surface area contributed by atoms with Gasteiger partial charge in [-0.2, -0.15) is 0 Å². The van der Waals surface area contributed by atoms with Gasteiger partial charge in [0, 0.05) is 22.0 Å². The van der Waals surface area contributed by atoms with Gasteiger partial charge in [-0.15, -0.1) is 0 Å². The van der Waals surface area contributed by atoms with Gasteiger partial charge in [0.1, 0.15) is 5.75 Å². The number of nitrogens with zero attached hydrogens (tertiary/aromatic N) is 1. The topological polar surface area (TPSA) is 43.3 Å². The van der Waals surface area contributed by atoms with E-state index in [2.05, 4.69) is 27.9 Å². The van der Waals surface area contributed by atoms with Gasteiger partial charge in [-0.05, 0) is 52.9 Å². The van der Waals surface area contributed by atoms with Crippen molar-refractivity contribution in [3.8, 4) is 11.4 Å². The van der Waals surface area contributed by atoms with E-state index in [1.807, 2.05) is 53.4 Å². The van der Waals surface area contributed by atoms with Crippen molar-refractivity contribution in [2.45, 2.75) is 0 Å². The summed E-state index contributed by atoms with van der Waals surface area (Å²) in [5.74, 6) is 0.198. The summed E-state index contributed by atoms with van der Waals surface area (Å²) in [7, 11) is 1.53. The fourth-order valence-corrected chi connectivity index (χ4v) is 3.12. The first-order valence-electron chi connectivity index (χ1n) is 7.17. The van der Waals surface area contributed by atoms with Crippen LogP contribution < -0.4 is 10.1 Å². The molecule has 0 bridgehead atoms. The van der Waals surface area contributed by atoms with Crippen LogP contribution in [0.25, 0.3) is 5.69 Å². The highest BCUT2D eigenvalue weighted by Gasteiger charge is 2.17. The quantitative estimate of drug-likeness (QED) is 0.566. The van der Waals surface area contributed by atoms with E-state index in [1.165, 1.54) is 7.11 Å². The molecule has 0 atom stereocenters. The summed E-state index contributed by atoms with van der Waals surface area (Å²) in [5.41, 5.74) is 1.89. The monoisotopic (exact) mass is 452 g/mol. The molecule has 0 aliphatic rings. The second-order valence-electron chi connectivity index (χ2n) is 5.03. The summed E-state index contributed by atoms with van der Waals surface area (Å²) in [4.78, 5) is 12.6. The number of benzene rings is 2. The fourth-order valence-electron chi connectivity index (χ4n) is 2.33. The molecule has 24 heavy (non-hydrogen) atoms. The van der Waals surface area contributed by atoms with Crippen LogP contribution in [0, 0.1) is 3.57 Å². The smallest absolute Gasteiger partial charge is 0.259 e. The third-order valence-corrected chi connectivity index (χ3v) is 4.76. The minimum atomic E-state index is -0.267. The lowest BCUT2D eigenvalue weighted by Crippen LogP contribution is -2.14. The van der Waals surface area contributed by atoms with Crippen LogP contribution in [0.2, 0.25) is 5.02 Å². The molecule has 0 saturated heterocycles. The molecule has 3 rings (SSSR count). The van der Waals surface area contributed by atoms with Crippen molar-refractivity contribution in [1.82, 2.24) is 4.57 Å². The largest absolute Gasteiger partial charge is 0.496 e. The molecule has 6 heteroatoms. The van der Waals surface area contributed by atoms with E-state index in [-0.39, 0.29) is 5.91 Å². The van der Waals surface area contributed by atoms with Crippen molar-refractivity contribution in [1.29, 1.82) is 0 Å². The molecular formula is C18H14ClIN2O2. The SMILES string of the molecule is COc1cc(-n2cccc2)c(Cl)cc1C(=O)Nc1ccccc1I. The Morgan fingerprint density at radius 3 is 2.54 bits per heavy atom. The molecule has 1 aromatic heterocycles. The third kappa shape index (κ3) is 3.42. The average molecular weight is 453 g/mol. The molecule has 0 spiro atoms. The van der Waals surface area contributed by atoms with E-state index < -0.39 is 0 Å². The lowest BCUT2D eigenvalue weighted by molar-refractivity contribution is 0.102. The number of anilines is 1. The Bertz CT molecular complexity index is 879. The standard InChI is InChI=1S/C18H14ClIN2O2/c1-24-17-11-16(22-8-4-5-9-22)13(19)10-12(17)18(23)21-15-7-3-2-6-14(15)20/h2-11H,1H3,(H,21,23). The van der Waals surface area contributed by atoms with Gasteiger partial charge in [-0.1, -0.05) is 23.7 Å². The maximum Gasteiger partial charge on any atom is 0.259 e. The van der Waals surface area contributed by atoms with E-state index in [9.17, 15) is 4.79 Å². The molecule has 0 unspecified atom stereocenters. The summed E-state index contributed by atoms with van der Waals surface area (Å²) < 4.78 is 8.22. The predicted molar refractivity (Wildman–Crippen MR) is 104 cm³/mol. The summed E-state index contributed by atoms with van der Waals surface area (Å²) >= 11 is 8.54. The number of para-hydroxylation sites is 1. The average Bonchev–Trinajstić information content (AvgIpc) is 3.11. The minimum absolute atomic E-state index is 0.267. The first-order valence-corrected chi connectivity index (χ1v) is 8.62. The van der Waals surface area contributed by atoms with Crippen LogP contribution in [0.5, 0.6) is 5.75 Å². The second kappa shape index (κ2) is 7.27. The van der Waals surface area contributed by atoms with E-state index in [0.29, 0.717) is 16.3 Å². The van der Waals surface area contributed by atoms with Crippen molar-refractivity contribution in [3.05, 3.63) is 75.1 Å². The lowest BCUT2D eigenvalue weighted by Gasteiger charge is -2.14. The van der Waals surface area contributed by atoms with Gasteiger partial charge in [-0.3, -0.25) is 4.79 Å². The molecule has 1 heterocycles. The summed E-state index contributed by atoms with van der Waals surface area (Å²) in [6, 6.07) is 14.8. The van der Waals surface area contributed by atoms with Gasteiger partial charge in [0.15, 0.2) is 0 Å². The summed E-state index contributed by atoms with van der Waals surface area (Å²) in [6.07, 6.45) is 3.76. The second-order valence-corrected chi connectivity index (χ2v) is 6.60. The molecule has 122 valence electrons. The molecule has 0 aliphatic heterocycles. The van der Waals surface area contributed by atoms with Crippen LogP contribution in [0.15, 0.2) is 60.9 Å². The van der Waals surface area contributed by atoms with Crippen molar-refractivity contribution in [2.24, 2.45) is 0 Å². The number of aromatic nitrogens is 1. The lowest BCUT2D eigenvalue weighted by atomic mass is 10.1. The molecule has 1 amide bonds. The number of amides is 1. The number of rotatable bonds is 4. The molecule has 0 fully saturated rings. The van der Waals surface area contributed by atoms with Crippen LogP contribution >= 0.6 is 34.2 Å². The molecular weight excluding hydrogens is 439 g/mol. The zero-order valence-electron chi connectivity index (χ0n) is 12.8. The molecule has 2 aromatic carbocycles. The van der Waals surface area contributed by atoms with E-state index in [1.54, 1.807) is 12.1 Å². The van der Waals surface area contributed by atoms with Crippen LogP contribution in [0.3, 0.4) is 0 Å². The van der Waals surface area contributed by atoms with Gasteiger partial charge in [0.25, 0.3) is 5.91 Å². The molecule has 1 N–H and O–H groups in total. The Hall–Kier alpha value is -1.99. The maximum absolute atomic E-state index is 12.6. The number of nitrogens with one attached hydrogen (secondary N) is 1. The molecule has 4 nitrogen and oxygen atoms in total. The molecule has 0 saturated carbocycles. The van der Waals surface area contributed by atoms with Crippen molar-refractivity contribution in [2.75, 3.05) is 12.4 Å². The van der Waals surface area contributed by atoms with Gasteiger partial charge in [0.05, 0.1) is 29.1 Å². The van der Waals surface area contributed by atoms with Gasteiger partial charge in [-0.25, -0.2) is 0 Å². The highest BCUT2D eigenvalue weighted by molar-refractivity contribution is 14.1. The van der Waals surface area contributed by atoms with Gasteiger partial charge < -0.3 is 14.6 Å². The Labute approximate surface area is 158 Å². The molecule has 3 aromatic rings. The first kappa shape index (κ1) is 16.9. The number of hydrogen-bond acceptors (Lipinski definition) is 2. The van der Waals surface area contributed by atoms with E-state index in [0.717, 1.165) is 14.9 Å². The number of ether oxygens (including phenoxy) is 1. The first-order chi connectivity index (χ1) is 11.6. The van der Waals surface area contributed by atoms with Gasteiger partial charge >= 0.3 is 0 Å². The van der Waals surface area contributed by atoms with Crippen molar-refractivity contribution in [3.63, 3.8) is 0 Å². The zero-order chi connectivity index (χ0) is 17.1. The van der Waals surface area contributed by atoms with Crippen LogP contribution in [-0.2, 0) is 0 Å². The number of halogens is 2. The van der Waals surface area contributed by atoms with E-state index in [4.69, 9.17) is 16.3 Å². The van der Waals surface area contributed by atoms with E-state index >= 15 is 0 Å². The number of hydrogen-bond donors (Lipinski definition) is 1. The zero-order valence-corrected chi connectivity index (χ0v) is 15.7. The fraction of sp³-hybridized carbons (Fsp3) is 0.0556. The molecule has 0 radical (unpaired) electrons. The Kier molecular flexibility index (Phi) is 5.11. The van der Waals surface area contributed by atoms with Crippen molar-refractivity contribution >= 4 is 45.8 Å². The predicted octanol–water partition coefficient (Wildman–Crippen LogP) is 5.00. The van der Waals surface area contributed by atoms with Gasteiger partial charge in [0.2, 0.25) is 0 Å². The number of carbonyl (C=O) groups is 1. The Morgan fingerprint density at radius 1 is 1.17 bits per heavy atom. The number of methoxy groups -OCH3 is 1. The van der Waals surface area contributed by atoms with Crippen LogP contribution in [0.1, 0.15) is 10.4 Å². The normalized spacial score (nSPS) is 10.5. The summed E-state index contributed by atoms with van der Waals surface area (Å²) in [6.45, 7) is 0. The van der Waals surface area contributed by atoms with Crippen LogP contribution in [0.4, 0.5) is 5.69 Å². The molecule has 0 aliphatic carbocycles. The highest BCUT2D eigenvalue weighted by Crippen LogP contribution is 2.31. The third-order valence-electron chi connectivity index (χ3n) is 3.52. The highest BCUT2D eigenvalue weighted by atomic mass is 127. The summed E-state index contributed by atoms with van der Waals surface area (Å²) in [5, 5.41) is 3.36. The Balaban J connectivity index is 1.97. The minimum Gasteiger partial charge on any atom is -0.496 e. The van der Waals surface area contributed by atoms with Crippen molar-refractivity contribution < 1.29 is 9.53 Å². The maximum atomic E-state index is 12.6.